The quantitative estimate of drug-likeness (QED) is 0.751. The minimum absolute atomic E-state index is 0.0153. The number of hydrogen-bond acceptors (Lipinski definition) is 3. The van der Waals surface area contributed by atoms with E-state index in [-0.39, 0.29) is 5.91 Å². The van der Waals surface area contributed by atoms with E-state index in [4.69, 9.17) is 0 Å². The first-order chi connectivity index (χ1) is 7.15. The molecule has 1 aliphatic rings. The zero-order valence-corrected chi connectivity index (χ0v) is 8.82. The fourth-order valence-corrected chi connectivity index (χ4v) is 1.56. The lowest BCUT2D eigenvalue weighted by Gasteiger charge is -2.23. The van der Waals surface area contributed by atoms with E-state index in [2.05, 4.69) is 10.4 Å². The molecule has 2 heterocycles. The molecular formula is C11H13N3O. The fourth-order valence-electron chi connectivity index (χ4n) is 1.56. The van der Waals surface area contributed by atoms with E-state index in [1.54, 1.807) is 5.01 Å². The van der Waals surface area contributed by atoms with Crippen molar-refractivity contribution >= 4 is 11.7 Å². The zero-order valence-electron chi connectivity index (χ0n) is 8.82. The lowest BCUT2D eigenvalue weighted by molar-refractivity contribution is -0.120. The SMILES string of the molecule is Cc1cc(C)nc(N2C=CCC(=O)N2)c1. The number of amides is 1. The summed E-state index contributed by atoms with van der Waals surface area (Å²) in [5.41, 5.74) is 4.81. The molecule has 1 aromatic rings. The number of pyridine rings is 1. The summed E-state index contributed by atoms with van der Waals surface area (Å²) in [6, 6.07) is 3.93. The molecule has 0 atom stereocenters. The average molecular weight is 203 g/mol. The molecule has 4 nitrogen and oxygen atoms in total. The largest absolute Gasteiger partial charge is 0.273 e. The molecular weight excluding hydrogens is 190 g/mol. The van der Waals surface area contributed by atoms with E-state index in [1.165, 1.54) is 0 Å². The smallest absolute Gasteiger partial charge is 0.242 e. The lowest BCUT2D eigenvalue weighted by Crippen LogP contribution is -2.41. The monoisotopic (exact) mass is 203 g/mol. The van der Waals surface area contributed by atoms with Crippen LogP contribution in [-0.2, 0) is 4.79 Å². The van der Waals surface area contributed by atoms with Gasteiger partial charge in [-0.15, -0.1) is 0 Å². The zero-order chi connectivity index (χ0) is 10.8. The summed E-state index contributed by atoms with van der Waals surface area (Å²) in [5, 5.41) is 1.64. The van der Waals surface area contributed by atoms with Gasteiger partial charge < -0.3 is 0 Å². The molecule has 0 saturated heterocycles. The summed E-state index contributed by atoms with van der Waals surface area (Å²) < 4.78 is 0. The Labute approximate surface area is 88.6 Å². The van der Waals surface area contributed by atoms with Crippen LogP contribution in [0.15, 0.2) is 24.4 Å². The number of carbonyl (C=O) groups excluding carboxylic acids is 1. The number of nitrogens with zero attached hydrogens (tertiary/aromatic N) is 2. The normalized spacial score (nSPS) is 15.3. The van der Waals surface area contributed by atoms with Gasteiger partial charge >= 0.3 is 0 Å². The summed E-state index contributed by atoms with van der Waals surface area (Å²) >= 11 is 0. The van der Waals surface area contributed by atoms with Crippen LogP contribution < -0.4 is 10.4 Å². The highest BCUT2D eigenvalue weighted by Gasteiger charge is 2.12. The third-order valence-electron chi connectivity index (χ3n) is 2.13. The summed E-state index contributed by atoms with van der Waals surface area (Å²) in [6.07, 6.45) is 4.07. The first-order valence-corrected chi connectivity index (χ1v) is 4.86. The maximum atomic E-state index is 11.2. The molecule has 1 N–H and O–H groups in total. The van der Waals surface area contributed by atoms with E-state index in [0.717, 1.165) is 17.1 Å². The van der Waals surface area contributed by atoms with Gasteiger partial charge in [-0.2, -0.15) is 0 Å². The average Bonchev–Trinajstić information content (AvgIpc) is 2.16. The van der Waals surface area contributed by atoms with E-state index in [1.807, 2.05) is 38.3 Å². The molecule has 1 amide bonds. The van der Waals surface area contributed by atoms with Crippen molar-refractivity contribution < 1.29 is 4.79 Å². The molecule has 1 aromatic heterocycles. The number of aryl methyl sites for hydroxylation is 2. The van der Waals surface area contributed by atoms with Crippen molar-refractivity contribution in [1.29, 1.82) is 0 Å². The summed E-state index contributed by atoms with van der Waals surface area (Å²) in [7, 11) is 0. The van der Waals surface area contributed by atoms with Crippen LogP contribution in [0.25, 0.3) is 0 Å². The van der Waals surface area contributed by atoms with Gasteiger partial charge in [-0.25, -0.2) is 9.99 Å². The van der Waals surface area contributed by atoms with E-state index in [9.17, 15) is 4.79 Å². The Morgan fingerprint density at radius 2 is 2.20 bits per heavy atom. The van der Waals surface area contributed by atoms with Crippen LogP contribution >= 0.6 is 0 Å². The minimum atomic E-state index is -0.0153. The number of hydrazine groups is 1. The molecule has 1 aliphatic heterocycles. The predicted octanol–water partition coefficient (Wildman–Crippen LogP) is 1.45. The van der Waals surface area contributed by atoms with Gasteiger partial charge in [-0.3, -0.25) is 10.2 Å². The maximum Gasteiger partial charge on any atom is 0.242 e. The highest BCUT2D eigenvalue weighted by molar-refractivity contribution is 5.81. The summed E-state index contributed by atoms with van der Waals surface area (Å²) in [5.74, 6) is 0.732. The first kappa shape index (κ1) is 9.71. The van der Waals surface area contributed by atoms with Gasteiger partial charge in [0.2, 0.25) is 5.91 Å². The third-order valence-corrected chi connectivity index (χ3v) is 2.13. The second-order valence-electron chi connectivity index (χ2n) is 3.64. The number of carbonyl (C=O) groups is 1. The van der Waals surface area contributed by atoms with Crippen LogP contribution in [0, 0.1) is 13.8 Å². The summed E-state index contributed by atoms with van der Waals surface area (Å²) in [4.78, 5) is 15.5. The Hall–Kier alpha value is -1.84. The number of nitrogens with one attached hydrogen (secondary N) is 1. The Morgan fingerprint density at radius 1 is 1.40 bits per heavy atom. The fraction of sp³-hybridized carbons (Fsp3) is 0.273. The van der Waals surface area contributed by atoms with Gasteiger partial charge in [0.05, 0.1) is 0 Å². The Balaban J connectivity index is 2.32. The highest BCUT2D eigenvalue weighted by atomic mass is 16.2. The molecule has 15 heavy (non-hydrogen) atoms. The number of aromatic nitrogens is 1. The van der Waals surface area contributed by atoms with Crippen LogP contribution in [0.2, 0.25) is 0 Å². The molecule has 2 rings (SSSR count). The predicted molar refractivity (Wildman–Crippen MR) is 58.1 cm³/mol. The lowest BCUT2D eigenvalue weighted by atomic mass is 10.2. The molecule has 78 valence electrons. The number of rotatable bonds is 1. The molecule has 0 spiro atoms. The van der Waals surface area contributed by atoms with Crippen molar-refractivity contribution in [3.05, 3.63) is 35.7 Å². The molecule has 0 fully saturated rings. The topological polar surface area (TPSA) is 45.2 Å². The van der Waals surface area contributed by atoms with Gasteiger partial charge in [0, 0.05) is 18.3 Å². The molecule has 0 bridgehead atoms. The van der Waals surface area contributed by atoms with E-state index < -0.39 is 0 Å². The second-order valence-corrected chi connectivity index (χ2v) is 3.64. The van der Waals surface area contributed by atoms with Crippen LogP contribution in [-0.4, -0.2) is 10.9 Å². The van der Waals surface area contributed by atoms with E-state index in [0.29, 0.717) is 6.42 Å². The number of hydrogen-bond donors (Lipinski definition) is 1. The van der Waals surface area contributed by atoms with Crippen molar-refractivity contribution in [3.63, 3.8) is 0 Å². The molecule has 0 saturated carbocycles. The van der Waals surface area contributed by atoms with Gasteiger partial charge in [-0.1, -0.05) is 6.08 Å². The van der Waals surface area contributed by atoms with Crippen LogP contribution in [0.3, 0.4) is 0 Å². The van der Waals surface area contributed by atoms with Crippen molar-refractivity contribution in [3.8, 4) is 0 Å². The maximum absolute atomic E-state index is 11.2. The van der Waals surface area contributed by atoms with Gasteiger partial charge in [0.15, 0.2) is 5.82 Å². The second kappa shape index (κ2) is 3.73. The summed E-state index contributed by atoms with van der Waals surface area (Å²) in [6.45, 7) is 3.94. The Morgan fingerprint density at radius 3 is 2.87 bits per heavy atom. The molecule has 4 heteroatoms. The van der Waals surface area contributed by atoms with Gasteiger partial charge in [0.25, 0.3) is 0 Å². The first-order valence-electron chi connectivity index (χ1n) is 4.86. The molecule has 0 aliphatic carbocycles. The third kappa shape index (κ3) is 2.15. The van der Waals surface area contributed by atoms with Crippen molar-refractivity contribution in [1.82, 2.24) is 10.4 Å². The van der Waals surface area contributed by atoms with Gasteiger partial charge in [-0.05, 0) is 31.5 Å². The Bertz CT molecular complexity index is 406. The number of anilines is 1. The van der Waals surface area contributed by atoms with Crippen LogP contribution in [0.5, 0.6) is 0 Å². The van der Waals surface area contributed by atoms with Crippen LogP contribution in [0.4, 0.5) is 5.82 Å². The van der Waals surface area contributed by atoms with Crippen LogP contribution in [0.1, 0.15) is 17.7 Å². The highest BCUT2D eigenvalue weighted by Crippen LogP contribution is 2.14. The molecule has 0 unspecified atom stereocenters. The van der Waals surface area contributed by atoms with Crippen molar-refractivity contribution in [2.45, 2.75) is 20.3 Å². The standard InChI is InChI=1S/C11H13N3O/c1-8-6-9(2)12-10(7-8)14-5-3-4-11(15)13-14/h3,5-7H,4H2,1-2H3,(H,13,15). The van der Waals surface area contributed by atoms with Crippen molar-refractivity contribution in [2.75, 3.05) is 5.01 Å². The Kier molecular flexibility index (Phi) is 2.41. The van der Waals surface area contributed by atoms with Gasteiger partial charge in [0.1, 0.15) is 0 Å². The van der Waals surface area contributed by atoms with E-state index >= 15 is 0 Å². The minimum Gasteiger partial charge on any atom is -0.273 e. The molecule has 0 aromatic carbocycles. The molecule has 0 radical (unpaired) electrons. The van der Waals surface area contributed by atoms with Crippen molar-refractivity contribution in [2.24, 2.45) is 0 Å².